The van der Waals surface area contributed by atoms with Crippen LogP contribution in [-0.2, 0) is 14.3 Å². The molecule has 1 aromatic rings. The summed E-state index contributed by atoms with van der Waals surface area (Å²) in [4.78, 5) is 12.2. The van der Waals surface area contributed by atoms with Gasteiger partial charge in [0.2, 0.25) is 5.79 Å². The lowest BCUT2D eigenvalue weighted by molar-refractivity contribution is -0.396. The number of hydrogen-bond acceptors (Lipinski definition) is 3. The first-order valence-corrected chi connectivity index (χ1v) is 6.60. The Bertz CT molecular complexity index is 492. The maximum Gasteiger partial charge on any atom is 0.235 e. The molecule has 4 rings (SSSR count). The molecule has 3 heteroatoms. The van der Waals surface area contributed by atoms with Gasteiger partial charge in [0, 0.05) is 12.3 Å². The van der Waals surface area contributed by atoms with E-state index in [1.54, 1.807) is 0 Å². The molecule has 0 bridgehead atoms. The van der Waals surface area contributed by atoms with E-state index in [0.29, 0.717) is 24.2 Å². The van der Waals surface area contributed by atoms with Gasteiger partial charge in [0.15, 0.2) is 12.6 Å². The van der Waals surface area contributed by atoms with Crippen LogP contribution < -0.4 is 0 Å². The Balaban J connectivity index is 1.65. The highest BCUT2D eigenvalue weighted by atomic mass is 16.9. The van der Waals surface area contributed by atoms with Crippen molar-refractivity contribution in [1.29, 1.82) is 0 Å². The van der Waals surface area contributed by atoms with Crippen LogP contribution >= 0.6 is 0 Å². The molecule has 2 saturated carbocycles. The molecule has 2 aliphatic carbocycles. The average molecular weight is 244 g/mol. The highest BCUT2D eigenvalue weighted by molar-refractivity contribution is 5.89. The minimum absolute atomic E-state index is 0.140. The van der Waals surface area contributed by atoms with Gasteiger partial charge >= 0.3 is 0 Å². The number of rotatable bonds is 1. The topological polar surface area (TPSA) is 35.5 Å². The van der Waals surface area contributed by atoms with E-state index < -0.39 is 5.79 Å². The fourth-order valence-corrected chi connectivity index (χ4v) is 3.96. The summed E-state index contributed by atoms with van der Waals surface area (Å²) in [6.07, 6.45) is 0.606. The third-order valence-corrected chi connectivity index (χ3v) is 4.95. The summed E-state index contributed by atoms with van der Waals surface area (Å²) >= 11 is 0. The molecule has 0 radical (unpaired) electrons. The lowest BCUT2D eigenvalue weighted by Crippen LogP contribution is -2.60. The molecule has 1 saturated heterocycles. The van der Waals surface area contributed by atoms with Crippen molar-refractivity contribution in [2.24, 2.45) is 17.8 Å². The molecule has 94 valence electrons. The van der Waals surface area contributed by atoms with Crippen molar-refractivity contribution < 1.29 is 14.3 Å². The Morgan fingerprint density at radius 2 is 1.94 bits per heavy atom. The Hall–Kier alpha value is -1.19. The predicted octanol–water partition coefficient (Wildman–Crippen LogP) is 2.33. The highest BCUT2D eigenvalue weighted by Crippen LogP contribution is 2.66. The van der Waals surface area contributed by atoms with Crippen molar-refractivity contribution >= 4 is 5.78 Å². The summed E-state index contributed by atoms with van der Waals surface area (Å²) in [5.41, 5.74) is 1.35. The van der Waals surface area contributed by atoms with Crippen LogP contribution in [-0.4, -0.2) is 18.4 Å². The molecule has 3 fully saturated rings. The number of carbonyl (C=O) groups is 1. The number of ether oxygens (including phenoxy) is 2. The molecule has 1 aromatic carbocycles. The number of fused-ring (bicyclic) bond motifs is 1. The lowest BCUT2D eigenvalue weighted by Gasteiger charge is -2.46. The summed E-state index contributed by atoms with van der Waals surface area (Å²) in [7, 11) is 0. The Labute approximate surface area is 106 Å². The smallest absolute Gasteiger partial charge is 0.235 e. The minimum atomic E-state index is -0.898. The summed E-state index contributed by atoms with van der Waals surface area (Å²) in [6, 6.07) is 10.5. The fraction of sp³-hybridized carbons (Fsp3) is 0.533. The SMILES string of the molecule is CC1C2C(CC(=O)C13OCO3)C2c1ccccc1. The summed E-state index contributed by atoms with van der Waals surface area (Å²) in [5, 5.41) is 0. The third-order valence-electron chi connectivity index (χ3n) is 4.95. The van der Waals surface area contributed by atoms with Gasteiger partial charge in [-0.1, -0.05) is 37.3 Å². The number of benzene rings is 1. The Morgan fingerprint density at radius 1 is 1.22 bits per heavy atom. The van der Waals surface area contributed by atoms with Crippen LogP contribution in [0.1, 0.15) is 24.8 Å². The first-order chi connectivity index (χ1) is 8.74. The number of ketones is 1. The molecular weight excluding hydrogens is 228 g/mol. The number of hydrogen-bond donors (Lipinski definition) is 0. The molecule has 18 heavy (non-hydrogen) atoms. The maximum atomic E-state index is 12.2. The molecule has 1 spiro atoms. The first-order valence-electron chi connectivity index (χ1n) is 6.60. The van der Waals surface area contributed by atoms with E-state index in [9.17, 15) is 4.79 Å². The molecule has 4 atom stereocenters. The van der Waals surface area contributed by atoms with E-state index >= 15 is 0 Å². The Kier molecular flexibility index (Phi) is 2.04. The monoisotopic (exact) mass is 244 g/mol. The standard InChI is InChI=1S/C15H16O3/c1-9-13-11(7-12(16)15(9)17-8-18-15)14(13)10-5-3-2-4-6-10/h2-6,9,11,13-14H,7-8H2,1H3. The van der Waals surface area contributed by atoms with Gasteiger partial charge in [0.1, 0.15) is 0 Å². The van der Waals surface area contributed by atoms with Crippen molar-refractivity contribution in [3.05, 3.63) is 35.9 Å². The largest absolute Gasteiger partial charge is 0.316 e. The van der Waals surface area contributed by atoms with Gasteiger partial charge in [0.05, 0.1) is 0 Å². The highest BCUT2D eigenvalue weighted by Gasteiger charge is 2.68. The van der Waals surface area contributed by atoms with E-state index in [-0.39, 0.29) is 18.5 Å². The van der Waals surface area contributed by atoms with Gasteiger partial charge in [-0.15, -0.1) is 0 Å². The summed E-state index contributed by atoms with van der Waals surface area (Å²) in [5.74, 6) is 0.949. The van der Waals surface area contributed by atoms with Crippen molar-refractivity contribution in [2.75, 3.05) is 6.79 Å². The third kappa shape index (κ3) is 1.19. The van der Waals surface area contributed by atoms with E-state index in [1.807, 2.05) is 6.07 Å². The summed E-state index contributed by atoms with van der Waals surface area (Å²) < 4.78 is 11.0. The second-order valence-corrected chi connectivity index (χ2v) is 5.67. The molecule has 3 aliphatic rings. The van der Waals surface area contributed by atoms with Crippen molar-refractivity contribution in [1.82, 2.24) is 0 Å². The normalized spacial score (nSPS) is 40.2. The van der Waals surface area contributed by atoms with Crippen LogP contribution in [0, 0.1) is 17.8 Å². The van der Waals surface area contributed by atoms with Crippen LogP contribution in [0.2, 0.25) is 0 Å². The Morgan fingerprint density at radius 3 is 2.56 bits per heavy atom. The average Bonchev–Trinajstić information content (AvgIpc) is 3.02. The van der Waals surface area contributed by atoms with Gasteiger partial charge in [-0.2, -0.15) is 0 Å². The van der Waals surface area contributed by atoms with Crippen molar-refractivity contribution in [3.63, 3.8) is 0 Å². The molecule has 4 unspecified atom stereocenters. The zero-order valence-corrected chi connectivity index (χ0v) is 10.3. The van der Waals surface area contributed by atoms with Crippen LogP contribution in [0.3, 0.4) is 0 Å². The second kappa shape index (κ2) is 3.43. The molecule has 3 nitrogen and oxygen atoms in total. The quantitative estimate of drug-likeness (QED) is 0.760. The number of Topliss-reactive ketones (excluding diaryl/α,β-unsaturated/α-hetero) is 1. The zero-order valence-electron chi connectivity index (χ0n) is 10.3. The van der Waals surface area contributed by atoms with E-state index in [0.717, 1.165) is 0 Å². The van der Waals surface area contributed by atoms with Crippen LogP contribution in [0.25, 0.3) is 0 Å². The van der Waals surface area contributed by atoms with Gasteiger partial charge < -0.3 is 9.47 Å². The van der Waals surface area contributed by atoms with Crippen LogP contribution in [0.4, 0.5) is 0 Å². The van der Waals surface area contributed by atoms with Gasteiger partial charge in [-0.25, -0.2) is 0 Å². The lowest BCUT2D eigenvalue weighted by atomic mass is 9.82. The van der Waals surface area contributed by atoms with Gasteiger partial charge in [-0.3, -0.25) is 4.79 Å². The molecular formula is C15H16O3. The molecule has 0 aromatic heterocycles. The number of carbonyl (C=O) groups excluding carboxylic acids is 1. The molecule has 0 amide bonds. The fourth-order valence-electron chi connectivity index (χ4n) is 3.96. The van der Waals surface area contributed by atoms with Crippen molar-refractivity contribution in [3.8, 4) is 0 Å². The maximum absolute atomic E-state index is 12.2. The summed E-state index contributed by atoms with van der Waals surface area (Å²) in [6.45, 7) is 2.36. The second-order valence-electron chi connectivity index (χ2n) is 5.67. The zero-order chi connectivity index (χ0) is 12.3. The predicted molar refractivity (Wildman–Crippen MR) is 64.7 cm³/mol. The molecule has 1 heterocycles. The van der Waals surface area contributed by atoms with Gasteiger partial charge in [0.25, 0.3) is 0 Å². The van der Waals surface area contributed by atoms with E-state index in [1.165, 1.54) is 5.56 Å². The van der Waals surface area contributed by atoms with E-state index in [4.69, 9.17) is 9.47 Å². The molecule has 0 N–H and O–H groups in total. The molecule has 1 aliphatic heterocycles. The van der Waals surface area contributed by atoms with Crippen LogP contribution in [0.5, 0.6) is 0 Å². The van der Waals surface area contributed by atoms with Crippen LogP contribution in [0.15, 0.2) is 30.3 Å². The van der Waals surface area contributed by atoms with E-state index in [2.05, 4.69) is 31.2 Å². The first kappa shape index (κ1) is 10.7. The van der Waals surface area contributed by atoms with Crippen molar-refractivity contribution in [2.45, 2.75) is 25.0 Å². The van der Waals surface area contributed by atoms with Gasteiger partial charge in [-0.05, 0) is 23.3 Å². The minimum Gasteiger partial charge on any atom is -0.316 e.